The SMILES string of the molecule is COc1ccc(CN2CCOCC2)c(N)c1. The highest BCUT2D eigenvalue weighted by Gasteiger charge is 2.12. The molecule has 2 rings (SSSR count). The molecule has 4 heteroatoms. The zero-order valence-corrected chi connectivity index (χ0v) is 9.61. The first kappa shape index (κ1) is 11.2. The van der Waals surface area contributed by atoms with Crippen molar-refractivity contribution < 1.29 is 9.47 Å². The number of rotatable bonds is 3. The Hall–Kier alpha value is -1.26. The highest BCUT2D eigenvalue weighted by molar-refractivity contribution is 5.51. The van der Waals surface area contributed by atoms with E-state index in [2.05, 4.69) is 4.90 Å². The van der Waals surface area contributed by atoms with E-state index in [1.807, 2.05) is 18.2 Å². The van der Waals surface area contributed by atoms with Gasteiger partial charge < -0.3 is 15.2 Å². The molecule has 0 amide bonds. The van der Waals surface area contributed by atoms with Gasteiger partial charge >= 0.3 is 0 Å². The number of nitrogen functional groups attached to an aromatic ring is 1. The van der Waals surface area contributed by atoms with Crippen LogP contribution in [0, 0.1) is 0 Å². The van der Waals surface area contributed by atoms with E-state index in [0.717, 1.165) is 49.8 Å². The Kier molecular flexibility index (Phi) is 3.64. The van der Waals surface area contributed by atoms with Crippen LogP contribution in [-0.4, -0.2) is 38.3 Å². The molecular formula is C12H18N2O2. The smallest absolute Gasteiger partial charge is 0.120 e. The monoisotopic (exact) mass is 222 g/mol. The maximum atomic E-state index is 5.98. The molecule has 1 heterocycles. The normalized spacial score (nSPS) is 17.3. The van der Waals surface area contributed by atoms with E-state index in [-0.39, 0.29) is 0 Å². The fourth-order valence-electron chi connectivity index (χ4n) is 1.84. The zero-order chi connectivity index (χ0) is 11.4. The van der Waals surface area contributed by atoms with Gasteiger partial charge in [-0.3, -0.25) is 4.90 Å². The summed E-state index contributed by atoms with van der Waals surface area (Å²) in [6.45, 7) is 4.47. The third-order valence-corrected chi connectivity index (χ3v) is 2.85. The largest absolute Gasteiger partial charge is 0.497 e. The highest BCUT2D eigenvalue weighted by Crippen LogP contribution is 2.21. The number of morpholine rings is 1. The second-order valence-corrected chi connectivity index (χ2v) is 3.95. The molecule has 4 nitrogen and oxygen atoms in total. The standard InChI is InChI=1S/C12H18N2O2/c1-15-11-3-2-10(12(13)8-11)9-14-4-6-16-7-5-14/h2-3,8H,4-7,9,13H2,1H3. The fourth-order valence-corrected chi connectivity index (χ4v) is 1.84. The molecule has 2 N–H and O–H groups in total. The van der Waals surface area contributed by atoms with E-state index in [0.29, 0.717) is 0 Å². The number of hydrogen-bond acceptors (Lipinski definition) is 4. The predicted octanol–water partition coefficient (Wildman–Crippen LogP) is 1.11. The number of ether oxygens (including phenoxy) is 2. The van der Waals surface area contributed by atoms with Crippen LogP contribution in [0.2, 0.25) is 0 Å². The minimum Gasteiger partial charge on any atom is -0.497 e. The van der Waals surface area contributed by atoms with Gasteiger partial charge in [0.2, 0.25) is 0 Å². The van der Waals surface area contributed by atoms with E-state index in [9.17, 15) is 0 Å². The maximum absolute atomic E-state index is 5.98. The molecule has 0 aliphatic carbocycles. The first-order chi connectivity index (χ1) is 7.79. The summed E-state index contributed by atoms with van der Waals surface area (Å²) in [6, 6.07) is 5.85. The van der Waals surface area contributed by atoms with Gasteiger partial charge in [-0.1, -0.05) is 6.07 Å². The van der Waals surface area contributed by atoms with Gasteiger partial charge in [-0.2, -0.15) is 0 Å². The molecule has 0 spiro atoms. The van der Waals surface area contributed by atoms with Crippen LogP contribution in [0.25, 0.3) is 0 Å². The maximum Gasteiger partial charge on any atom is 0.120 e. The zero-order valence-electron chi connectivity index (χ0n) is 9.61. The van der Waals surface area contributed by atoms with Gasteiger partial charge in [0, 0.05) is 31.4 Å². The lowest BCUT2D eigenvalue weighted by Crippen LogP contribution is -2.35. The molecule has 1 fully saturated rings. The molecule has 0 atom stereocenters. The Morgan fingerprint density at radius 3 is 2.75 bits per heavy atom. The van der Waals surface area contributed by atoms with Gasteiger partial charge in [0.15, 0.2) is 0 Å². The topological polar surface area (TPSA) is 47.7 Å². The van der Waals surface area contributed by atoms with E-state index in [4.69, 9.17) is 15.2 Å². The predicted molar refractivity (Wildman–Crippen MR) is 63.5 cm³/mol. The lowest BCUT2D eigenvalue weighted by Gasteiger charge is -2.27. The molecule has 1 aromatic rings. The summed E-state index contributed by atoms with van der Waals surface area (Å²) in [6.07, 6.45) is 0. The van der Waals surface area contributed by atoms with Gasteiger partial charge in [-0.05, 0) is 11.6 Å². The molecule has 88 valence electrons. The Labute approximate surface area is 95.9 Å². The molecule has 0 radical (unpaired) electrons. The van der Waals surface area contributed by atoms with Crippen LogP contribution in [-0.2, 0) is 11.3 Å². The minimum absolute atomic E-state index is 0.797. The van der Waals surface area contributed by atoms with Crippen molar-refractivity contribution in [3.63, 3.8) is 0 Å². The molecular weight excluding hydrogens is 204 g/mol. The lowest BCUT2D eigenvalue weighted by molar-refractivity contribution is 0.0343. The van der Waals surface area contributed by atoms with Crippen molar-refractivity contribution in [3.05, 3.63) is 23.8 Å². The van der Waals surface area contributed by atoms with Gasteiger partial charge in [0.1, 0.15) is 5.75 Å². The van der Waals surface area contributed by atoms with Crippen LogP contribution in [0.5, 0.6) is 5.75 Å². The summed E-state index contributed by atoms with van der Waals surface area (Å²) in [4.78, 5) is 2.35. The van der Waals surface area contributed by atoms with Crippen LogP contribution < -0.4 is 10.5 Å². The van der Waals surface area contributed by atoms with E-state index >= 15 is 0 Å². The summed E-state index contributed by atoms with van der Waals surface area (Å²) in [5, 5.41) is 0. The second kappa shape index (κ2) is 5.18. The third-order valence-electron chi connectivity index (χ3n) is 2.85. The van der Waals surface area contributed by atoms with E-state index in [1.54, 1.807) is 7.11 Å². The van der Waals surface area contributed by atoms with Crippen molar-refractivity contribution in [1.29, 1.82) is 0 Å². The molecule has 0 bridgehead atoms. The minimum atomic E-state index is 0.797. The quantitative estimate of drug-likeness (QED) is 0.778. The Morgan fingerprint density at radius 2 is 2.12 bits per heavy atom. The fraction of sp³-hybridized carbons (Fsp3) is 0.500. The Morgan fingerprint density at radius 1 is 1.38 bits per heavy atom. The van der Waals surface area contributed by atoms with Crippen molar-refractivity contribution in [2.24, 2.45) is 0 Å². The highest BCUT2D eigenvalue weighted by atomic mass is 16.5. The number of nitrogens with zero attached hydrogens (tertiary/aromatic N) is 1. The molecule has 1 aliphatic heterocycles. The first-order valence-electron chi connectivity index (χ1n) is 5.52. The molecule has 0 saturated carbocycles. The Bertz CT molecular complexity index is 349. The van der Waals surface area contributed by atoms with Gasteiger partial charge in [0.05, 0.1) is 20.3 Å². The van der Waals surface area contributed by atoms with E-state index < -0.39 is 0 Å². The van der Waals surface area contributed by atoms with Crippen LogP contribution in [0.3, 0.4) is 0 Å². The van der Waals surface area contributed by atoms with Crippen molar-refractivity contribution in [3.8, 4) is 5.75 Å². The third kappa shape index (κ3) is 2.65. The number of benzene rings is 1. The number of methoxy groups -OCH3 is 1. The van der Waals surface area contributed by atoms with Crippen molar-refractivity contribution in [1.82, 2.24) is 4.90 Å². The molecule has 0 unspecified atom stereocenters. The van der Waals surface area contributed by atoms with E-state index in [1.165, 1.54) is 0 Å². The van der Waals surface area contributed by atoms with Crippen molar-refractivity contribution in [2.75, 3.05) is 39.1 Å². The summed E-state index contributed by atoms with van der Waals surface area (Å²) < 4.78 is 10.4. The molecule has 1 aromatic carbocycles. The summed E-state index contributed by atoms with van der Waals surface area (Å²) in [7, 11) is 1.65. The average Bonchev–Trinajstić information content (AvgIpc) is 2.33. The molecule has 1 saturated heterocycles. The summed E-state index contributed by atoms with van der Waals surface area (Å²) >= 11 is 0. The summed E-state index contributed by atoms with van der Waals surface area (Å²) in [5.74, 6) is 0.809. The first-order valence-corrected chi connectivity index (χ1v) is 5.52. The van der Waals surface area contributed by atoms with Gasteiger partial charge in [-0.15, -0.1) is 0 Å². The van der Waals surface area contributed by atoms with Crippen molar-refractivity contribution >= 4 is 5.69 Å². The molecule has 0 aromatic heterocycles. The lowest BCUT2D eigenvalue weighted by atomic mass is 10.1. The van der Waals surface area contributed by atoms with Crippen LogP contribution in [0.4, 0.5) is 5.69 Å². The second-order valence-electron chi connectivity index (χ2n) is 3.95. The van der Waals surface area contributed by atoms with Crippen LogP contribution in [0.1, 0.15) is 5.56 Å². The van der Waals surface area contributed by atoms with Crippen LogP contribution in [0.15, 0.2) is 18.2 Å². The van der Waals surface area contributed by atoms with Gasteiger partial charge in [0.25, 0.3) is 0 Å². The number of anilines is 1. The Balaban J connectivity index is 2.03. The average molecular weight is 222 g/mol. The molecule has 16 heavy (non-hydrogen) atoms. The van der Waals surface area contributed by atoms with Gasteiger partial charge in [-0.25, -0.2) is 0 Å². The van der Waals surface area contributed by atoms with Crippen LogP contribution >= 0.6 is 0 Å². The summed E-state index contributed by atoms with van der Waals surface area (Å²) in [5.41, 5.74) is 7.93. The number of hydrogen-bond donors (Lipinski definition) is 1. The van der Waals surface area contributed by atoms with Crippen molar-refractivity contribution in [2.45, 2.75) is 6.54 Å². The number of nitrogens with two attached hydrogens (primary N) is 1. The molecule has 1 aliphatic rings.